The highest BCUT2D eigenvalue weighted by atomic mass is 16.5. The van der Waals surface area contributed by atoms with E-state index in [4.69, 9.17) is 9.47 Å². The SMILES string of the molecule is COc1ccccc1OC(C)CNC(=O)c1cnc[nH]1. The van der Waals surface area contributed by atoms with Crippen molar-refractivity contribution >= 4 is 5.91 Å². The Bertz CT molecular complexity index is 555. The van der Waals surface area contributed by atoms with Gasteiger partial charge in [0.2, 0.25) is 0 Å². The number of carbonyl (C=O) groups is 1. The molecule has 1 atom stereocenters. The molecule has 0 bridgehead atoms. The van der Waals surface area contributed by atoms with Crippen LogP contribution in [-0.4, -0.2) is 35.6 Å². The van der Waals surface area contributed by atoms with Crippen LogP contribution < -0.4 is 14.8 Å². The van der Waals surface area contributed by atoms with E-state index in [9.17, 15) is 4.79 Å². The van der Waals surface area contributed by atoms with E-state index in [0.29, 0.717) is 23.7 Å². The van der Waals surface area contributed by atoms with Gasteiger partial charge in [0.25, 0.3) is 5.91 Å². The van der Waals surface area contributed by atoms with E-state index in [-0.39, 0.29) is 12.0 Å². The van der Waals surface area contributed by atoms with Crippen molar-refractivity contribution in [1.82, 2.24) is 15.3 Å². The lowest BCUT2D eigenvalue weighted by molar-refractivity contribution is 0.0927. The van der Waals surface area contributed by atoms with E-state index in [1.807, 2.05) is 31.2 Å². The molecule has 0 spiro atoms. The molecule has 0 fully saturated rings. The van der Waals surface area contributed by atoms with Gasteiger partial charge in [0.1, 0.15) is 11.8 Å². The Balaban J connectivity index is 1.86. The number of nitrogens with one attached hydrogen (secondary N) is 2. The normalized spacial score (nSPS) is 11.7. The second-order valence-electron chi connectivity index (χ2n) is 4.25. The maximum Gasteiger partial charge on any atom is 0.269 e. The number of carbonyl (C=O) groups excluding carboxylic acids is 1. The van der Waals surface area contributed by atoms with Gasteiger partial charge in [-0.2, -0.15) is 0 Å². The summed E-state index contributed by atoms with van der Waals surface area (Å²) in [6.45, 7) is 2.26. The molecule has 1 unspecified atom stereocenters. The third-order valence-electron chi connectivity index (χ3n) is 2.69. The molecule has 0 saturated heterocycles. The summed E-state index contributed by atoms with van der Waals surface area (Å²) in [7, 11) is 1.59. The minimum Gasteiger partial charge on any atom is -0.493 e. The summed E-state index contributed by atoms with van der Waals surface area (Å²) >= 11 is 0. The number of ether oxygens (including phenoxy) is 2. The number of benzene rings is 1. The van der Waals surface area contributed by atoms with Gasteiger partial charge in [-0.3, -0.25) is 4.79 Å². The second-order valence-corrected chi connectivity index (χ2v) is 4.25. The molecule has 0 radical (unpaired) electrons. The zero-order chi connectivity index (χ0) is 14.4. The van der Waals surface area contributed by atoms with E-state index < -0.39 is 0 Å². The molecular formula is C14H17N3O3. The smallest absolute Gasteiger partial charge is 0.269 e. The molecular weight excluding hydrogens is 258 g/mol. The van der Waals surface area contributed by atoms with Crippen molar-refractivity contribution in [3.63, 3.8) is 0 Å². The van der Waals surface area contributed by atoms with Gasteiger partial charge in [-0.15, -0.1) is 0 Å². The molecule has 2 aromatic rings. The van der Waals surface area contributed by atoms with Crippen LogP contribution in [0.3, 0.4) is 0 Å². The summed E-state index contributed by atoms with van der Waals surface area (Å²) in [6, 6.07) is 7.39. The molecule has 1 amide bonds. The van der Waals surface area contributed by atoms with Crippen LogP contribution in [0.25, 0.3) is 0 Å². The van der Waals surface area contributed by atoms with Crippen LogP contribution in [0.1, 0.15) is 17.4 Å². The molecule has 0 aliphatic carbocycles. The Hall–Kier alpha value is -2.50. The second kappa shape index (κ2) is 6.60. The number of para-hydroxylation sites is 2. The fourth-order valence-corrected chi connectivity index (χ4v) is 1.69. The average Bonchev–Trinajstić information content (AvgIpc) is 2.99. The summed E-state index contributed by atoms with van der Waals surface area (Å²) in [5.41, 5.74) is 0.425. The maximum absolute atomic E-state index is 11.7. The first kappa shape index (κ1) is 13.9. The van der Waals surface area contributed by atoms with Crippen LogP contribution in [-0.2, 0) is 0 Å². The van der Waals surface area contributed by atoms with Crippen molar-refractivity contribution in [2.24, 2.45) is 0 Å². The molecule has 6 heteroatoms. The van der Waals surface area contributed by atoms with Crippen molar-refractivity contribution < 1.29 is 14.3 Å². The van der Waals surface area contributed by atoms with Crippen molar-refractivity contribution in [2.45, 2.75) is 13.0 Å². The van der Waals surface area contributed by atoms with Gasteiger partial charge >= 0.3 is 0 Å². The standard InChI is InChI=1S/C14H17N3O3/c1-10(7-16-14(18)11-8-15-9-17-11)20-13-6-4-3-5-12(13)19-2/h3-6,8-10H,7H2,1-2H3,(H,15,17)(H,16,18). The van der Waals surface area contributed by atoms with Gasteiger partial charge in [-0.25, -0.2) is 4.98 Å². The number of imidazole rings is 1. The molecule has 0 saturated carbocycles. The van der Waals surface area contributed by atoms with Crippen LogP contribution in [0.15, 0.2) is 36.8 Å². The minimum absolute atomic E-state index is 0.182. The Labute approximate surface area is 117 Å². The fourth-order valence-electron chi connectivity index (χ4n) is 1.69. The summed E-state index contributed by atoms with van der Waals surface area (Å²) in [4.78, 5) is 18.3. The lowest BCUT2D eigenvalue weighted by atomic mass is 10.3. The first-order chi connectivity index (χ1) is 9.70. The largest absolute Gasteiger partial charge is 0.493 e. The number of hydrogen-bond donors (Lipinski definition) is 2. The minimum atomic E-state index is -0.210. The van der Waals surface area contributed by atoms with Crippen LogP contribution in [0.2, 0.25) is 0 Å². The van der Waals surface area contributed by atoms with Crippen LogP contribution >= 0.6 is 0 Å². The first-order valence-corrected chi connectivity index (χ1v) is 6.27. The zero-order valence-electron chi connectivity index (χ0n) is 11.4. The first-order valence-electron chi connectivity index (χ1n) is 6.27. The number of rotatable bonds is 6. The molecule has 0 aliphatic rings. The number of aromatic nitrogens is 2. The predicted octanol–water partition coefficient (Wildman–Crippen LogP) is 1.62. The highest BCUT2D eigenvalue weighted by molar-refractivity contribution is 5.91. The maximum atomic E-state index is 11.7. The Morgan fingerprint density at radius 2 is 2.15 bits per heavy atom. The third-order valence-corrected chi connectivity index (χ3v) is 2.69. The van der Waals surface area contributed by atoms with E-state index in [2.05, 4.69) is 15.3 Å². The van der Waals surface area contributed by atoms with Crippen molar-refractivity contribution in [3.8, 4) is 11.5 Å². The Kier molecular flexibility index (Phi) is 4.60. The number of amides is 1. The van der Waals surface area contributed by atoms with Gasteiger partial charge in [0.05, 0.1) is 26.2 Å². The molecule has 1 heterocycles. The zero-order valence-corrected chi connectivity index (χ0v) is 11.4. The van der Waals surface area contributed by atoms with Crippen LogP contribution in [0, 0.1) is 0 Å². The lowest BCUT2D eigenvalue weighted by Crippen LogP contribution is -2.33. The van der Waals surface area contributed by atoms with Crippen molar-refractivity contribution in [3.05, 3.63) is 42.5 Å². The van der Waals surface area contributed by atoms with E-state index >= 15 is 0 Å². The van der Waals surface area contributed by atoms with E-state index in [0.717, 1.165) is 0 Å². The molecule has 20 heavy (non-hydrogen) atoms. The Morgan fingerprint density at radius 1 is 1.40 bits per heavy atom. The van der Waals surface area contributed by atoms with Gasteiger partial charge < -0.3 is 19.8 Å². The van der Waals surface area contributed by atoms with Crippen LogP contribution in [0.4, 0.5) is 0 Å². The fraction of sp³-hybridized carbons (Fsp3) is 0.286. The number of methoxy groups -OCH3 is 1. The third kappa shape index (κ3) is 3.50. The van der Waals surface area contributed by atoms with Gasteiger partial charge in [-0.1, -0.05) is 12.1 Å². The van der Waals surface area contributed by atoms with Crippen molar-refractivity contribution in [1.29, 1.82) is 0 Å². The molecule has 2 rings (SSSR count). The molecule has 6 nitrogen and oxygen atoms in total. The summed E-state index contributed by atoms with van der Waals surface area (Å²) < 4.78 is 10.9. The number of aromatic amines is 1. The highest BCUT2D eigenvalue weighted by Gasteiger charge is 2.11. The summed E-state index contributed by atoms with van der Waals surface area (Å²) in [6.07, 6.45) is 2.75. The average molecular weight is 275 g/mol. The summed E-state index contributed by atoms with van der Waals surface area (Å²) in [5.74, 6) is 1.11. The number of nitrogens with zero attached hydrogens (tertiary/aromatic N) is 1. The van der Waals surface area contributed by atoms with E-state index in [1.165, 1.54) is 12.5 Å². The van der Waals surface area contributed by atoms with Gasteiger partial charge in [0.15, 0.2) is 11.5 Å². The molecule has 106 valence electrons. The quantitative estimate of drug-likeness (QED) is 0.840. The molecule has 0 aliphatic heterocycles. The molecule has 1 aromatic carbocycles. The predicted molar refractivity (Wildman–Crippen MR) is 74.0 cm³/mol. The van der Waals surface area contributed by atoms with Crippen LogP contribution in [0.5, 0.6) is 11.5 Å². The lowest BCUT2D eigenvalue weighted by Gasteiger charge is -2.17. The molecule has 1 aromatic heterocycles. The summed E-state index contributed by atoms with van der Waals surface area (Å²) in [5, 5.41) is 2.77. The topological polar surface area (TPSA) is 76.2 Å². The number of hydrogen-bond acceptors (Lipinski definition) is 4. The van der Waals surface area contributed by atoms with Gasteiger partial charge in [0, 0.05) is 0 Å². The van der Waals surface area contributed by atoms with Gasteiger partial charge in [-0.05, 0) is 19.1 Å². The number of H-pyrrole nitrogens is 1. The van der Waals surface area contributed by atoms with E-state index in [1.54, 1.807) is 7.11 Å². The monoisotopic (exact) mass is 275 g/mol. The Morgan fingerprint density at radius 3 is 2.80 bits per heavy atom. The van der Waals surface area contributed by atoms with Crippen molar-refractivity contribution in [2.75, 3.05) is 13.7 Å². The molecule has 2 N–H and O–H groups in total. The highest BCUT2D eigenvalue weighted by Crippen LogP contribution is 2.26.